The van der Waals surface area contributed by atoms with Gasteiger partial charge in [0.1, 0.15) is 0 Å². The molecule has 0 aliphatic carbocycles. The van der Waals surface area contributed by atoms with Crippen LogP contribution in [0.2, 0.25) is 0 Å². The van der Waals surface area contributed by atoms with E-state index in [2.05, 4.69) is 30.2 Å². The van der Waals surface area contributed by atoms with Crippen LogP contribution in [-0.2, 0) is 0 Å². The molecule has 0 saturated heterocycles. The van der Waals surface area contributed by atoms with Crippen LogP contribution in [0, 0.1) is 0 Å². The average molecular weight is 193 g/mol. The number of nitrogens with zero attached hydrogens (tertiary/aromatic N) is 1. The largest absolute Gasteiger partial charge is 0.385 e. The van der Waals surface area contributed by atoms with Crippen LogP contribution in [0.15, 0.2) is 18.3 Å². The van der Waals surface area contributed by atoms with E-state index in [9.17, 15) is 0 Å². The quantitative estimate of drug-likeness (QED) is 0.703. The lowest BCUT2D eigenvalue weighted by atomic mass is 10.1. The fraction of sp³-hybridized carbons (Fsp3) is 0.545. The molecule has 1 rings (SSSR count). The second kappa shape index (κ2) is 5.60. The smallest absolute Gasteiger partial charge is 0.0449 e. The zero-order valence-corrected chi connectivity index (χ0v) is 8.96. The Balaban J connectivity index is 2.55. The standard InChI is InChI=1S/C11H19N3/c1-9(2)11-8-10(4-7-14-11)13-6-3-5-12/h4,7-9H,3,5-6,12H2,1-2H3,(H,13,14). The van der Waals surface area contributed by atoms with Gasteiger partial charge in [0, 0.05) is 24.1 Å². The van der Waals surface area contributed by atoms with Crippen molar-refractivity contribution in [3.63, 3.8) is 0 Å². The van der Waals surface area contributed by atoms with Crippen LogP contribution in [0.3, 0.4) is 0 Å². The number of rotatable bonds is 5. The summed E-state index contributed by atoms with van der Waals surface area (Å²) in [6, 6.07) is 4.09. The molecule has 0 radical (unpaired) electrons. The van der Waals surface area contributed by atoms with E-state index in [0.29, 0.717) is 5.92 Å². The van der Waals surface area contributed by atoms with Gasteiger partial charge >= 0.3 is 0 Å². The molecular weight excluding hydrogens is 174 g/mol. The number of pyridine rings is 1. The Bertz CT molecular complexity index is 271. The van der Waals surface area contributed by atoms with Crippen LogP contribution in [0.1, 0.15) is 31.9 Å². The van der Waals surface area contributed by atoms with Crippen molar-refractivity contribution in [2.24, 2.45) is 5.73 Å². The molecule has 0 saturated carbocycles. The number of anilines is 1. The third-order valence-corrected chi connectivity index (χ3v) is 2.08. The fourth-order valence-electron chi connectivity index (χ4n) is 1.21. The second-order valence-electron chi connectivity index (χ2n) is 3.69. The number of nitrogens with one attached hydrogen (secondary N) is 1. The highest BCUT2D eigenvalue weighted by molar-refractivity contribution is 5.43. The molecule has 14 heavy (non-hydrogen) atoms. The number of hydrogen-bond donors (Lipinski definition) is 2. The van der Waals surface area contributed by atoms with Gasteiger partial charge in [0.05, 0.1) is 0 Å². The van der Waals surface area contributed by atoms with Crippen molar-refractivity contribution in [3.05, 3.63) is 24.0 Å². The van der Waals surface area contributed by atoms with E-state index < -0.39 is 0 Å². The predicted octanol–water partition coefficient (Wildman–Crippen LogP) is 1.97. The SMILES string of the molecule is CC(C)c1cc(NCCCN)ccn1. The van der Waals surface area contributed by atoms with E-state index in [1.165, 1.54) is 0 Å². The summed E-state index contributed by atoms with van der Waals surface area (Å²) < 4.78 is 0. The van der Waals surface area contributed by atoms with Crippen molar-refractivity contribution in [3.8, 4) is 0 Å². The van der Waals surface area contributed by atoms with Crippen LogP contribution in [0.4, 0.5) is 5.69 Å². The average Bonchev–Trinajstić information content (AvgIpc) is 2.19. The Morgan fingerprint density at radius 3 is 2.93 bits per heavy atom. The summed E-state index contributed by atoms with van der Waals surface area (Å²) in [4.78, 5) is 4.30. The van der Waals surface area contributed by atoms with Crippen LogP contribution in [-0.4, -0.2) is 18.1 Å². The molecule has 3 N–H and O–H groups in total. The molecule has 0 unspecified atom stereocenters. The highest BCUT2D eigenvalue weighted by atomic mass is 14.9. The van der Waals surface area contributed by atoms with Crippen molar-refractivity contribution < 1.29 is 0 Å². The van der Waals surface area contributed by atoms with Crippen molar-refractivity contribution in [1.82, 2.24) is 4.98 Å². The first-order valence-corrected chi connectivity index (χ1v) is 5.14. The number of hydrogen-bond acceptors (Lipinski definition) is 3. The molecule has 78 valence electrons. The Labute approximate surface area is 85.7 Å². The number of nitrogens with two attached hydrogens (primary N) is 1. The normalized spacial score (nSPS) is 10.6. The van der Waals surface area contributed by atoms with Gasteiger partial charge in [-0.25, -0.2) is 0 Å². The molecule has 3 heteroatoms. The first-order chi connectivity index (χ1) is 6.74. The summed E-state index contributed by atoms with van der Waals surface area (Å²) in [6.45, 7) is 5.95. The van der Waals surface area contributed by atoms with Gasteiger partial charge in [-0.2, -0.15) is 0 Å². The molecule has 0 aromatic carbocycles. The maximum Gasteiger partial charge on any atom is 0.0449 e. The molecule has 0 fully saturated rings. The maximum atomic E-state index is 5.42. The van der Waals surface area contributed by atoms with Gasteiger partial charge in [0.25, 0.3) is 0 Å². The van der Waals surface area contributed by atoms with Gasteiger partial charge < -0.3 is 11.1 Å². The summed E-state index contributed by atoms with van der Waals surface area (Å²) >= 11 is 0. The van der Waals surface area contributed by atoms with Gasteiger partial charge in [0.15, 0.2) is 0 Å². The molecule has 0 aliphatic rings. The van der Waals surface area contributed by atoms with Crippen LogP contribution < -0.4 is 11.1 Å². The van der Waals surface area contributed by atoms with Gasteiger partial charge in [-0.15, -0.1) is 0 Å². The lowest BCUT2D eigenvalue weighted by Gasteiger charge is -2.08. The van der Waals surface area contributed by atoms with Crippen molar-refractivity contribution in [2.75, 3.05) is 18.4 Å². The third-order valence-electron chi connectivity index (χ3n) is 2.08. The van der Waals surface area contributed by atoms with Gasteiger partial charge in [0.2, 0.25) is 0 Å². The summed E-state index contributed by atoms with van der Waals surface area (Å²) in [5, 5.41) is 3.32. The van der Waals surface area contributed by atoms with Gasteiger partial charge in [-0.05, 0) is 31.0 Å². The fourth-order valence-corrected chi connectivity index (χ4v) is 1.21. The van der Waals surface area contributed by atoms with Crippen molar-refractivity contribution in [2.45, 2.75) is 26.2 Å². The molecule has 1 aromatic rings. The Morgan fingerprint density at radius 1 is 1.50 bits per heavy atom. The zero-order chi connectivity index (χ0) is 10.4. The van der Waals surface area contributed by atoms with E-state index in [-0.39, 0.29) is 0 Å². The Kier molecular flexibility index (Phi) is 4.40. The lowest BCUT2D eigenvalue weighted by molar-refractivity contribution is 0.821. The molecule has 1 aromatic heterocycles. The highest BCUT2D eigenvalue weighted by Gasteiger charge is 2.00. The first kappa shape index (κ1) is 11.0. The van der Waals surface area contributed by atoms with Gasteiger partial charge in [-0.3, -0.25) is 4.98 Å². The summed E-state index contributed by atoms with van der Waals surface area (Å²) in [5.41, 5.74) is 7.68. The second-order valence-corrected chi connectivity index (χ2v) is 3.69. The zero-order valence-electron chi connectivity index (χ0n) is 8.96. The molecule has 1 heterocycles. The maximum absolute atomic E-state index is 5.42. The van der Waals surface area contributed by atoms with Gasteiger partial charge in [-0.1, -0.05) is 13.8 Å². The van der Waals surface area contributed by atoms with E-state index in [1.54, 1.807) is 0 Å². The minimum absolute atomic E-state index is 0.478. The van der Waals surface area contributed by atoms with E-state index >= 15 is 0 Å². The van der Waals surface area contributed by atoms with E-state index in [0.717, 1.165) is 30.9 Å². The first-order valence-electron chi connectivity index (χ1n) is 5.14. The molecule has 0 aliphatic heterocycles. The molecule has 3 nitrogen and oxygen atoms in total. The molecule has 0 amide bonds. The monoisotopic (exact) mass is 193 g/mol. The third kappa shape index (κ3) is 3.34. The predicted molar refractivity (Wildman–Crippen MR) is 60.5 cm³/mol. The number of aromatic nitrogens is 1. The summed E-state index contributed by atoms with van der Waals surface area (Å²) in [5.74, 6) is 0.478. The van der Waals surface area contributed by atoms with Crippen LogP contribution in [0.25, 0.3) is 0 Å². The minimum Gasteiger partial charge on any atom is -0.385 e. The molecule has 0 atom stereocenters. The summed E-state index contributed by atoms with van der Waals surface area (Å²) in [6.07, 6.45) is 2.85. The van der Waals surface area contributed by atoms with Crippen LogP contribution in [0.5, 0.6) is 0 Å². The summed E-state index contributed by atoms with van der Waals surface area (Å²) in [7, 11) is 0. The minimum atomic E-state index is 0.478. The molecular formula is C11H19N3. The Hall–Kier alpha value is -1.09. The van der Waals surface area contributed by atoms with E-state index in [4.69, 9.17) is 5.73 Å². The lowest BCUT2D eigenvalue weighted by Crippen LogP contribution is -2.08. The highest BCUT2D eigenvalue weighted by Crippen LogP contribution is 2.15. The van der Waals surface area contributed by atoms with Crippen molar-refractivity contribution in [1.29, 1.82) is 0 Å². The Morgan fingerprint density at radius 2 is 2.29 bits per heavy atom. The van der Waals surface area contributed by atoms with Crippen LogP contribution >= 0.6 is 0 Å². The van der Waals surface area contributed by atoms with Crippen molar-refractivity contribution >= 4 is 5.69 Å². The molecule has 0 spiro atoms. The molecule has 0 bridgehead atoms. The van der Waals surface area contributed by atoms with E-state index in [1.807, 2.05) is 12.3 Å². The topological polar surface area (TPSA) is 50.9 Å².